The molecule has 1 N–H and O–H groups in total. The summed E-state index contributed by atoms with van der Waals surface area (Å²) in [6.45, 7) is 0.259. The smallest absolute Gasteiger partial charge is 0.389 e. The van der Waals surface area contributed by atoms with Crippen LogP contribution in [0.5, 0.6) is 0 Å². The first-order valence-corrected chi connectivity index (χ1v) is 13.5. The lowest BCUT2D eigenvalue weighted by Crippen LogP contribution is -2.33. The number of aromatic nitrogens is 2. The SMILES string of the molecule is O=C(c1cccc(Cn2c(CCCC(F)(F)F)nc(-c3ccc(Cl)cc3)cc2=O)c1)N(CCO)Cc1ccccc1. The second kappa shape index (κ2) is 13.6. The third-order valence-corrected chi connectivity index (χ3v) is 6.73. The van der Waals surface area contributed by atoms with Crippen molar-refractivity contribution in [2.24, 2.45) is 0 Å². The van der Waals surface area contributed by atoms with Gasteiger partial charge >= 0.3 is 6.18 Å². The average molecular weight is 584 g/mol. The van der Waals surface area contributed by atoms with Gasteiger partial charge in [-0.1, -0.05) is 66.2 Å². The van der Waals surface area contributed by atoms with E-state index in [0.29, 0.717) is 34.0 Å². The fourth-order valence-electron chi connectivity index (χ4n) is 4.47. The Kier molecular flexibility index (Phi) is 9.96. The average Bonchev–Trinajstić information content (AvgIpc) is 2.94. The summed E-state index contributed by atoms with van der Waals surface area (Å²) in [6.07, 6.45) is -5.61. The molecular formula is C31H29ClF3N3O3. The van der Waals surface area contributed by atoms with Gasteiger partial charge in [-0.15, -0.1) is 0 Å². The van der Waals surface area contributed by atoms with Gasteiger partial charge in [0, 0.05) is 48.1 Å². The molecule has 1 heterocycles. The van der Waals surface area contributed by atoms with Gasteiger partial charge in [-0.2, -0.15) is 13.2 Å². The van der Waals surface area contributed by atoms with E-state index >= 15 is 0 Å². The molecule has 0 unspecified atom stereocenters. The van der Waals surface area contributed by atoms with E-state index in [2.05, 4.69) is 4.98 Å². The van der Waals surface area contributed by atoms with Gasteiger partial charge in [-0.25, -0.2) is 4.98 Å². The summed E-state index contributed by atoms with van der Waals surface area (Å²) < 4.78 is 40.0. The van der Waals surface area contributed by atoms with Crippen molar-refractivity contribution in [2.45, 2.75) is 38.5 Å². The molecule has 4 rings (SSSR count). The van der Waals surface area contributed by atoms with E-state index in [1.54, 1.807) is 48.5 Å². The molecule has 0 atom stereocenters. The number of halogens is 4. The minimum absolute atomic E-state index is 0.0217. The van der Waals surface area contributed by atoms with Crippen LogP contribution in [0.15, 0.2) is 89.7 Å². The molecule has 0 aliphatic heterocycles. The Balaban J connectivity index is 1.63. The number of carbonyl (C=O) groups excluding carboxylic acids is 1. The second-order valence-electron chi connectivity index (χ2n) is 9.59. The van der Waals surface area contributed by atoms with Crippen LogP contribution in [-0.2, 0) is 19.5 Å². The van der Waals surface area contributed by atoms with E-state index in [1.165, 1.54) is 15.5 Å². The number of alkyl halides is 3. The predicted molar refractivity (Wildman–Crippen MR) is 152 cm³/mol. The van der Waals surface area contributed by atoms with Crippen LogP contribution in [0.2, 0.25) is 5.02 Å². The van der Waals surface area contributed by atoms with Crippen LogP contribution >= 0.6 is 11.6 Å². The predicted octanol–water partition coefficient (Wildman–Crippen LogP) is 6.13. The molecule has 0 spiro atoms. The normalized spacial score (nSPS) is 11.4. The molecule has 214 valence electrons. The number of carbonyl (C=O) groups is 1. The number of hydrogen-bond donors (Lipinski definition) is 1. The minimum Gasteiger partial charge on any atom is -0.395 e. The highest BCUT2D eigenvalue weighted by atomic mass is 35.5. The zero-order valence-corrected chi connectivity index (χ0v) is 22.9. The maximum Gasteiger partial charge on any atom is 0.389 e. The van der Waals surface area contributed by atoms with Crippen LogP contribution in [0.3, 0.4) is 0 Å². The molecule has 0 aliphatic rings. The lowest BCUT2D eigenvalue weighted by atomic mass is 10.1. The molecule has 41 heavy (non-hydrogen) atoms. The maximum absolute atomic E-state index is 13.4. The molecule has 0 saturated heterocycles. The Morgan fingerprint density at radius 3 is 2.34 bits per heavy atom. The van der Waals surface area contributed by atoms with E-state index in [4.69, 9.17) is 11.6 Å². The summed E-state index contributed by atoms with van der Waals surface area (Å²) in [4.78, 5) is 32.7. The van der Waals surface area contributed by atoms with Gasteiger partial charge < -0.3 is 10.0 Å². The molecule has 4 aromatic rings. The number of aliphatic hydroxyl groups excluding tert-OH is 1. The van der Waals surface area contributed by atoms with E-state index in [0.717, 1.165) is 5.56 Å². The first kappa shape index (κ1) is 30.0. The van der Waals surface area contributed by atoms with Crippen molar-refractivity contribution in [2.75, 3.05) is 13.2 Å². The highest BCUT2D eigenvalue weighted by molar-refractivity contribution is 6.30. The number of benzene rings is 3. The molecule has 3 aromatic carbocycles. The summed E-state index contributed by atoms with van der Waals surface area (Å²) in [5, 5.41) is 10.0. The highest BCUT2D eigenvalue weighted by Crippen LogP contribution is 2.24. The monoisotopic (exact) mass is 583 g/mol. The fourth-order valence-corrected chi connectivity index (χ4v) is 4.60. The summed E-state index contributed by atoms with van der Waals surface area (Å²) in [7, 11) is 0. The third kappa shape index (κ3) is 8.52. The van der Waals surface area contributed by atoms with Crippen molar-refractivity contribution < 1.29 is 23.1 Å². The summed E-state index contributed by atoms with van der Waals surface area (Å²) in [5.41, 5.74) is 2.42. The first-order chi connectivity index (χ1) is 19.6. The van der Waals surface area contributed by atoms with Crippen molar-refractivity contribution >= 4 is 17.5 Å². The maximum atomic E-state index is 13.4. The molecule has 6 nitrogen and oxygen atoms in total. The Morgan fingerprint density at radius 2 is 1.66 bits per heavy atom. The number of hydrogen-bond acceptors (Lipinski definition) is 4. The Hall–Kier alpha value is -3.95. The van der Waals surface area contributed by atoms with Gasteiger partial charge in [0.2, 0.25) is 0 Å². The van der Waals surface area contributed by atoms with Gasteiger partial charge in [-0.3, -0.25) is 14.2 Å². The van der Waals surface area contributed by atoms with Crippen LogP contribution in [-0.4, -0.2) is 44.8 Å². The minimum atomic E-state index is -4.33. The molecule has 10 heteroatoms. The molecule has 0 bridgehead atoms. The molecule has 0 aliphatic carbocycles. The van der Waals surface area contributed by atoms with Crippen molar-refractivity contribution in [1.29, 1.82) is 0 Å². The quantitative estimate of drug-likeness (QED) is 0.230. The molecule has 0 radical (unpaired) electrons. The number of aliphatic hydroxyl groups is 1. The molecule has 1 amide bonds. The number of amides is 1. The second-order valence-corrected chi connectivity index (χ2v) is 10.0. The van der Waals surface area contributed by atoms with Gasteiger partial charge in [0.15, 0.2) is 0 Å². The number of rotatable bonds is 11. The lowest BCUT2D eigenvalue weighted by molar-refractivity contribution is -0.135. The van der Waals surface area contributed by atoms with Crippen molar-refractivity contribution in [3.8, 4) is 11.3 Å². The largest absolute Gasteiger partial charge is 0.395 e. The van der Waals surface area contributed by atoms with Crippen LogP contribution in [0.1, 0.15) is 40.2 Å². The Labute approximate surface area is 240 Å². The topological polar surface area (TPSA) is 75.4 Å². The molecule has 1 aromatic heterocycles. The summed E-state index contributed by atoms with van der Waals surface area (Å²) in [5.74, 6) is -0.0758. The lowest BCUT2D eigenvalue weighted by Gasteiger charge is -2.22. The van der Waals surface area contributed by atoms with Gasteiger partial charge in [0.1, 0.15) is 5.82 Å². The summed E-state index contributed by atoms with van der Waals surface area (Å²) in [6, 6.07) is 24.1. The zero-order valence-electron chi connectivity index (χ0n) is 22.1. The molecule has 0 saturated carbocycles. The van der Waals surface area contributed by atoms with Crippen LogP contribution < -0.4 is 5.56 Å². The van der Waals surface area contributed by atoms with Crippen molar-refractivity contribution in [3.63, 3.8) is 0 Å². The van der Waals surface area contributed by atoms with Crippen LogP contribution in [0.25, 0.3) is 11.3 Å². The van der Waals surface area contributed by atoms with E-state index in [1.807, 2.05) is 30.3 Å². The Morgan fingerprint density at radius 1 is 0.951 bits per heavy atom. The number of aryl methyl sites for hydroxylation is 1. The standard InChI is InChI=1S/C31H29ClF3N3O3/c32-26-13-11-24(12-14-26)27-19-29(40)38(28(36-27)10-5-15-31(33,34)35)21-23-8-4-9-25(18-23)30(41)37(16-17-39)20-22-6-2-1-3-7-22/h1-4,6-9,11-14,18-19,39H,5,10,15-17,20-21H2. The van der Waals surface area contributed by atoms with E-state index in [9.17, 15) is 27.9 Å². The fraction of sp³-hybridized carbons (Fsp3) is 0.258. The molecule has 0 fully saturated rings. The third-order valence-electron chi connectivity index (χ3n) is 6.48. The zero-order chi connectivity index (χ0) is 29.4. The van der Waals surface area contributed by atoms with Crippen LogP contribution in [0.4, 0.5) is 13.2 Å². The van der Waals surface area contributed by atoms with E-state index < -0.39 is 18.2 Å². The van der Waals surface area contributed by atoms with Crippen LogP contribution in [0, 0.1) is 0 Å². The first-order valence-electron chi connectivity index (χ1n) is 13.1. The molecular weight excluding hydrogens is 555 g/mol. The number of nitrogens with zero attached hydrogens (tertiary/aromatic N) is 3. The van der Waals surface area contributed by atoms with Gasteiger partial charge in [-0.05, 0) is 41.8 Å². The van der Waals surface area contributed by atoms with Gasteiger partial charge in [0.05, 0.1) is 18.8 Å². The van der Waals surface area contributed by atoms with E-state index in [-0.39, 0.29) is 44.3 Å². The van der Waals surface area contributed by atoms with Gasteiger partial charge in [0.25, 0.3) is 11.5 Å². The van der Waals surface area contributed by atoms with Crippen molar-refractivity contribution in [1.82, 2.24) is 14.5 Å². The van der Waals surface area contributed by atoms with Crippen molar-refractivity contribution in [3.05, 3.63) is 123 Å². The summed E-state index contributed by atoms with van der Waals surface area (Å²) >= 11 is 5.97. The Bertz CT molecular complexity index is 1520. The highest BCUT2D eigenvalue weighted by Gasteiger charge is 2.26.